The van der Waals surface area contributed by atoms with Gasteiger partial charge in [0.2, 0.25) is 5.78 Å². The summed E-state index contributed by atoms with van der Waals surface area (Å²) < 4.78 is 5.16. The van der Waals surface area contributed by atoms with Gasteiger partial charge in [-0.1, -0.05) is 30.3 Å². The highest BCUT2D eigenvalue weighted by atomic mass is 16.4. The van der Waals surface area contributed by atoms with E-state index in [9.17, 15) is 9.59 Å². The van der Waals surface area contributed by atoms with Gasteiger partial charge in [-0.15, -0.1) is 0 Å². The number of ketones is 2. The summed E-state index contributed by atoms with van der Waals surface area (Å²) in [6.07, 6.45) is 0. The first kappa shape index (κ1) is 10.4. The molecule has 16 heavy (non-hydrogen) atoms. The molecule has 1 aromatic carbocycles. The van der Waals surface area contributed by atoms with Crippen molar-refractivity contribution < 1.29 is 14.0 Å². The van der Waals surface area contributed by atoms with E-state index in [1.807, 2.05) is 6.07 Å². The molecule has 0 unspecified atom stereocenters. The summed E-state index contributed by atoms with van der Waals surface area (Å²) in [7, 11) is 0. The van der Waals surface area contributed by atoms with Gasteiger partial charge in [0.15, 0.2) is 17.3 Å². The summed E-state index contributed by atoms with van der Waals surface area (Å²) in [5.41, 5.74) is 0.548. The van der Waals surface area contributed by atoms with Gasteiger partial charge in [-0.2, -0.15) is 0 Å². The summed E-state index contributed by atoms with van der Waals surface area (Å²) in [5, 5.41) is 0. The van der Waals surface area contributed by atoms with Crippen LogP contribution in [0, 0.1) is 0 Å². The number of carbonyl (C=O) groups is 2. The van der Waals surface area contributed by atoms with E-state index < -0.39 is 0 Å². The van der Waals surface area contributed by atoms with E-state index in [-0.39, 0.29) is 23.1 Å². The molecule has 0 amide bonds. The molecule has 0 aliphatic carbocycles. The maximum atomic E-state index is 11.9. The summed E-state index contributed by atoms with van der Waals surface area (Å²) in [5.74, 6) is -0.00380. The van der Waals surface area contributed by atoms with Crippen LogP contribution in [0.3, 0.4) is 0 Å². The first-order valence-corrected chi connectivity index (χ1v) is 4.89. The van der Waals surface area contributed by atoms with Crippen molar-refractivity contribution in [2.75, 3.05) is 0 Å². The Bertz CT molecular complexity index is 523. The SMILES string of the molecule is CC(=O)c1ccc(C(=O)c2ccccc2)o1. The third-order valence-corrected chi connectivity index (χ3v) is 2.21. The molecule has 1 aromatic heterocycles. The Morgan fingerprint density at radius 2 is 1.56 bits per heavy atom. The van der Waals surface area contributed by atoms with Crippen LogP contribution < -0.4 is 0 Å². The first-order chi connectivity index (χ1) is 7.68. The van der Waals surface area contributed by atoms with Gasteiger partial charge in [0.05, 0.1) is 0 Å². The monoisotopic (exact) mass is 214 g/mol. The van der Waals surface area contributed by atoms with E-state index in [0.29, 0.717) is 5.56 Å². The van der Waals surface area contributed by atoms with Gasteiger partial charge in [-0.05, 0) is 12.1 Å². The molecular formula is C13H10O3. The Hall–Kier alpha value is -2.16. The largest absolute Gasteiger partial charge is 0.449 e. The summed E-state index contributed by atoms with van der Waals surface area (Å²) in [6.45, 7) is 1.40. The van der Waals surface area contributed by atoms with Gasteiger partial charge in [0.1, 0.15) is 0 Å². The van der Waals surface area contributed by atoms with Gasteiger partial charge in [0.25, 0.3) is 0 Å². The van der Waals surface area contributed by atoms with Gasteiger partial charge in [0, 0.05) is 12.5 Å². The van der Waals surface area contributed by atoms with Gasteiger partial charge in [-0.25, -0.2) is 0 Å². The number of rotatable bonds is 3. The van der Waals surface area contributed by atoms with Crippen molar-refractivity contribution in [2.24, 2.45) is 0 Å². The lowest BCUT2D eigenvalue weighted by Crippen LogP contribution is -1.99. The molecule has 0 spiro atoms. The predicted octanol–water partition coefficient (Wildman–Crippen LogP) is 2.71. The van der Waals surface area contributed by atoms with Crippen LogP contribution in [0.25, 0.3) is 0 Å². The molecule has 80 valence electrons. The second-order valence-corrected chi connectivity index (χ2v) is 3.42. The minimum atomic E-state index is -0.215. The molecule has 2 aromatic rings. The van der Waals surface area contributed by atoms with Crippen molar-refractivity contribution in [1.29, 1.82) is 0 Å². The number of furan rings is 1. The van der Waals surface area contributed by atoms with Crippen LogP contribution in [0.4, 0.5) is 0 Å². The van der Waals surface area contributed by atoms with Crippen LogP contribution >= 0.6 is 0 Å². The molecule has 0 atom stereocenters. The van der Waals surface area contributed by atoms with Crippen molar-refractivity contribution in [1.82, 2.24) is 0 Å². The number of hydrogen-bond acceptors (Lipinski definition) is 3. The molecule has 0 N–H and O–H groups in total. The number of carbonyl (C=O) groups excluding carboxylic acids is 2. The zero-order chi connectivity index (χ0) is 11.5. The van der Waals surface area contributed by atoms with E-state index in [1.165, 1.54) is 19.1 Å². The summed E-state index contributed by atoms with van der Waals surface area (Å²) in [6, 6.07) is 11.8. The number of benzene rings is 1. The minimum absolute atomic E-state index is 0.188. The van der Waals surface area contributed by atoms with E-state index in [1.54, 1.807) is 24.3 Å². The lowest BCUT2D eigenvalue weighted by molar-refractivity contribution is 0.0973. The van der Waals surface area contributed by atoms with Crippen LogP contribution in [-0.4, -0.2) is 11.6 Å². The quantitative estimate of drug-likeness (QED) is 0.738. The Labute approximate surface area is 92.7 Å². The topological polar surface area (TPSA) is 47.3 Å². The first-order valence-electron chi connectivity index (χ1n) is 4.89. The average molecular weight is 214 g/mol. The van der Waals surface area contributed by atoms with Gasteiger partial charge >= 0.3 is 0 Å². The lowest BCUT2D eigenvalue weighted by Gasteiger charge is -1.96. The Morgan fingerprint density at radius 3 is 2.12 bits per heavy atom. The van der Waals surface area contributed by atoms with Crippen molar-refractivity contribution >= 4 is 11.6 Å². The van der Waals surface area contributed by atoms with Crippen molar-refractivity contribution in [3.05, 3.63) is 59.5 Å². The molecule has 0 radical (unpaired) electrons. The van der Waals surface area contributed by atoms with Crippen LogP contribution in [0.15, 0.2) is 46.9 Å². The average Bonchev–Trinajstić information content (AvgIpc) is 2.78. The van der Waals surface area contributed by atoms with Crippen LogP contribution in [0.5, 0.6) is 0 Å². The molecule has 3 nitrogen and oxygen atoms in total. The maximum absolute atomic E-state index is 11.9. The molecular weight excluding hydrogens is 204 g/mol. The highest BCUT2D eigenvalue weighted by molar-refractivity contribution is 6.07. The van der Waals surface area contributed by atoms with Crippen LogP contribution in [0.2, 0.25) is 0 Å². The summed E-state index contributed by atoms with van der Waals surface area (Å²) in [4.78, 5) is 22.9. The Kier molecular flexibility index (Phi) is 2.68. The smallest absolute Gasteiger partial charge is 0.228 e. The second kappa shape index (κ2) is 4.14. The Balaban J connectivity index is 2.31. The zero-order valence-electron chi connectivity index (χ0n) is 8.77. The fourth-order valence-electron chi connectivity index (χ4n) is 1.38. The van der Waals surface area contributed by atoms with Crippen LogP contribution in [-0.2, 0) is 0 Å². The molecule has 0 aliphatic heterocycles. The third-order valence-electron chi connectivity index (χ3n) is 2.21. The second-order valence-electron chi connectivity index (χ2n) is 3.42. The molecule has 0 bridgehead atoms. The number of hydrogen-bond donors (Lipinski definition) is 0. The predicted molar refractivity (Wildman–Crippen MR) is 58.6 cm³/mol. The fraction of sp³-hybridized carbons (Fsp3) is 0.0769. The molecule has 2 rings (SSSR count). The highest BCUT2D eigenvalue weighted by Gasteiger charge is 2.14. The summed E-state index contributed by atoms with van der Waals surface area (Å²) >= 11 is 0. The maximum Gasteiger partial charge on any atom is 0.228 e. The normalized spacial score (nSPS) is 10.1. The van der Waals surface area contributed by atoms with Crippen molar-refractivity contribution in [3.8, 4) is 0 Å². The zero-order valence-corrected chi connectivity index (χ0v) is 8.77. The van der Waals surface area contributed by atoms with E-state index in [2.05, 4.69) is 0 Å². The van der Waals surface area contributed by atoms with Gasteiger partial charge < -0.3 is 4.42 Å². The molecule has 3 heteroatoms. The van der Waals surface area contributed by atoms with E-state index >= 15 is 0 Å². The van der Waals surface area contributed by atoms with E-state index in [0.717, 1.165) is 0 Å². The highest BCUT2D eigenvalue weighted by Crippen LogP contribution is 2.13. The molecule has 0 saturated heterocycles. The molecule has 1 heterocycles. The van der Waals surface area contributed by atoms with Crippen LogP contribution in [0.1, 0.15) is 33.6 Å². The molecule has 0 saturated carbocycles. The van der Waals surface area contributed by atoms with Crippen molar-refractivity contribution in [3.63, 3.8) is 0 Å². The fourth-order valence-corrected chi connectivity index (χ4v) is 1.38. The Morgan fingerprint density at radius 1 is 0.938 bits per heavy atom. The third kappa shape index (κ3) is 1.93. The molecule has 0 fully saturated rings. The van der Waals surface area contributed by atoms with Crippen molar-refractivity contribution in [2.45, 2.75) is 6.92 Å². The lowest BCUT2D eigenvalue weighted by atomic mass is 10.1. The number of Topliss-reactive ketones (excluding diaryl/α,β-unsaturated/α-hetero) is 1. The van der Waals surface area contributed by atoms with E-state index in [4.69, 9.17) is 4.42 Å². The minimum Gasteiger partial charge on any atom is -0.449 e. The van der Waals surface area contributed by atoms with Gasteiger partial charge in [-0.3, -0.25) is 9.59 Å². The molecule has 0 aliphatic rings. The standard InChI is InChI=1S/C13H10O3/c1-9(14)11-7-8-12(16-11)13(15)10-5-3-2-4-6-10/h2-8H,1H3.